The number of benzene rings is 3. The monoisotopic (exact) mass is 623 g/mol. The van der Waals surface area contributed by atoms with Crippen LogP contribution in [0.5, 0.6) is 0 Å². The number of carbonyl (C=O) groups is 2. The van der Waals surface area contributed by atoms with E-state index in [9.17, 15) is 51.4 Å². The van der Waals surface area contributed by atoms with Crippen molar-refractivity contribution in [1.82, 2.24) is 4.72 Å². The van der Waals surface area contributed by atoms with E-state index < -0.39 is 70.9 Å². The molecule has 0 aliphatic carbocycles. The third kappa shape index (κ3) is 8.25. The van der Waals surface area contributed by atoms with Crippen molar-refractivity contribution >= 4 is 50.3 Å². The van der Waals surface area contributed by atoms with Gasteiger partial charge in [0, 0.05) is 24.2 Å². The SMILES string of the molecule is CCCCCC(=O)NS(=O)(=O)c1ccccc1NC(=O)c1cc(Nc2ccc(C(F)(F)F)cc2[N+](=O)[O-])ccc1[N+](=O)[O-]. The van der Waals surface area contributed by atoms with Crippen molar-refractivity contribution in [2.24, 2.45) is 0 Å². The lowest BCUT2D eigenvalue weighted by Gasteiger charge is -2.14. The van der Waals surface area contributed by atoms with Gasteiger partial charge in [0.1, 0.15) is 16.1 Å². The molecule has 3 rings (SSSR count). The van der Waals surface area contributed by atoms with E-state index in [1.807, 2.05) is 11.6 Å². The van der Waals surface area contributed by atoms with Gasteiger partial charge in [-0.05, 0) is 42.8 Å². The lowest BCUT2D eigenvalue weighted by molar-refractivity contribution is -0.385. The molecule has 0 aliphatic heterocycles. The zero-order chi connectivity index (χ0) is 31.9. The van der Waals surface area contributed by atoms with Gasteiger partial charge in [0.05, 0.1) is 21.1 Å². The molecule has 0 fully saturated rings. The van der Waals surface area contributed by atoms with E-state index in [1.165, 1.54) is 18.2 Å². The van der Waals surface area contributed by atoms with Crippen LogP contribution < -0.4 is 15.4 Å². The van der Waals surface area contributed by atoms with Gasteiger partial charge < -0.3 is 10.6 Å². The van der Waals surface area contributed by atoms with E-state index in [4.69, 9.17) is 0 Å². The van der Waals surface area contributed by atoms with Crippen LogP contribution in [0.3, 0.4) is 0 Å². The van der Waals surface area contributed by atoms with Gasteiger partial charge in [0.25, 0.3) is 27.3 Å². The van der Waals surface area contributed by atoms with Crippen LogP contribution >= 0.6 is 0 Å². The number of nitro groups is 2. The van der Waals surface area contributed by atoms with Gasteiger partial charge in [-0.15, -0.1) is 0 Å². The van der Waals surface area contributed by atoms with Crippen molar-refractivity contribution in [3.8, 4) is 0 Å². The van der Waals surface area contributed by atoms with E-state index in [0.717, 1.165) is 36.8 Å². The van der Waals surface area contributed by atoms with Gasteiger partial charge in [-0.25, -0.2) is 13.1 Å². The quantitative estimate of drug-likeness (QED) is 0.125. The van der Waals surface area contributed by atoms with E-state index in [2.05, 4.69) is 10.6 Å². The molecule has 0 unspecified atom stereocenters. The number of amides is 2. The number of unbranched alkanes of at least 4 members (excludes halogenated alkanes) is 2. The molecule has 0 bridgehead atoms. The predicted octanol–water partition coefficient (Wildman–Crippen LogP) is 5.90. The largest absolute Gasteiger partial charge is 0.416 e. The number of rotatable bonds is 12. The maximum absolute atomic E-state index is 13.2. The molecule has 13 nitrogen and oxygen atoms in total. The highest BCUT2D eigenvalue weighted by molar-refractivity contribution is 7.90. The summed E-state index contributed by atoms with van der Waals surface area (Å²) >= 11 is 0. The fourth-order valence-electron chi connectivity index (χ4n) is 3.86. The Morgan fingerprint density at radius 1 is 0.884 bits per heavy atom. The summed E-state index contributed by atoms with van der Waals surface area (Å²) in [5, 5.41) is 27.8. The number of hydrogen-bond donors (Lipinski definition) is 3. The van der Waals surface area contributed by atoms with Gasteiger partial charge in [-0.1, -0.05) is 31.9 Å². The molecule has 2 amide bonds. The van der Waals surface area contributed by atoms with Gasteiger partial charge in [-0.2, -0.15) is 13.2 Å². The number of carbonyl (C=O) groups excluding carboxylic acids is 2. The molecule has 0 spiro atoms. The van der Waals surface area contributed by atoms with Crippen molar-refractivity contribution in [3.63, 3.8) is 0 Å². The van der Waals surface area contributed by atoms with Crippen molar-refractivity contribution in [2.45, 2.75) is 43.7 Å². The van der Waals surface area contributed by atoms with E-state index in [1.54, 1.807) is 0 Å². The molecule has 0 radical (unpaired) electrons. The zero-order valence-electron chi connectivity index (χ0n) is 22.3. The number of anilines is 3. The summed E-state index contributed by atoms with van der Waals surface area (Å²) in [4.78, 5) is 45.9. The Balaban J connectivity index is 1.94. The Labute approximate surface area is 242 Å². The molecule has 0 atom stereocenters. The van der Waals surface area contributed by atoms with Crippen molar-refractivity contribution < 1.29 is 41.0 Å². The normalized spacial score (nSPS) is 11.4. The second kappa shape index (κ2) is 13.3. The third-order valence-corrected chi connectivity index (χ3v) is 7.35. The summed E-state index contributed by atoms with van der Waals surface area (Å²) < 4.78 is 66.8. The molecule has 3 N–H and O–H groups in total. The van der Waals surface area contributed by atoms with Crippen LogP contribution in [0, 0.1) is 20.2 Å². The lowest BCUT2D eigenvalue weighted by Crippen LogP contribution is -2.31. The zero-order valence-corrected chi connectivity index (χ0v) is 23.1. The Bertz CT molecular complexity index is 1680. The van der Waals surface area contributed by atoms with Crippen molar-refractivity contribution in [3.05, 3.63) is 92.0 Å². The minimum atomic E-state index is -4.86. The first-order valence-electron chi connectivity index (χ1n) is 12.5. The lowest BCUT2D eigenvalue weighted by atomic mass is 10.1. The first-order chi connectivity index (χ1) is 20.1. The molecule has 0 saturated heterocycles. The second-order valence-electron chi connectivity index (χ2n) is 9.04. The maximum atomic E-state index is 13.2. The molecule has 17 heteroatoms. The Kier molecular flexibility index (Phi) is 10.0. The summed E-state index contributed by atoms with van der Waals surface area (Å²) in [6.07, 6.45) is -2.94. The molecule has 3 aromatic carbocycles. The summed E-state index contributed by atoms with van der Waals surface area (Å²) in [5.74, 6) is -1.92. The first kappa shape index (κ1) is 32.5. The molecule has 0 heterocycles. The first-order valence-corrected chi connectivity index (χ1v) is 14.0. The number of halogens is 3. The topological polar surface area (TPSA) is 191 Å². The second-order valence-corrected chi connectivity index (χ2v) is 10.7. The van der Waals surface area contributed by atoms with E-state index in [-0.39, 0.29) is 17.8 Å². The van der Waals surface area contributed by atoms with Crippen molar-refractivity contribution in [2.75, 3.05) is 10.6 Å². The number of nitrogens with zero attached hydrogens (tertiary/aromatic N) is 2. The Morgan fingerprint density at radius 2 is 1.56 bits per heavy atom. The van der Waals surface area contributed by atoms with Gasteiger partial charge in [-0.3, -0.25) is 29.8 Å². The number of nitro benzene ring substituents is 2. The fourth-order valence-corrected chi connectivity index (χ4v) is 5.04. The average Bonchev–Trinajstić information content (AvgIpc) is 2.92. The minimum absolute atomic E-state index is 0.0509. The highest BCUT2D eigenvalue weighted by Gasteiger charge is 2.33. The van der Waals surface area contributed by atoms with Crippen LogP contribution in [0.15, 0.2) is 65.6 Å². The highest BCUT2D eigenvalue weighted by Crippen LogP contribution is 2.36. The summed E-state index contributed by atoms with van der Waals surface area (Å²) in [6, 6.07) is 9.55. The molecule has 3 aromatic rings. The molecule has 0 aliphatic rings. The highest BCUT2D eigenvalue weighted by atomic mass is 32.2. The molecule has 0 aromatic heterocycles. The smallest absolute Gasteiger partial charge is 0.350 e. The van der Waals surface area contributed by atoms with Gasteiger partial charge in [0.15, 0.2) is 0 Å². The minimum Gasteiger partial charge on any atom is -0.350 e. The average molecular weight is 624 g/mol. The van der Waals surface area contributed by atoms with Crippen LogP contribution in [0.25, 0.3) is 0 Å². The fraction of sp³-hybridized carbons (Fsp3) is 0.231. The van der Waals surface area contributed by atoms with Gasteiger partial charge in [0.2, 0.25) is 5.91 Å². The summed E-state index contributed by atoms with van der Waals surface area (Å²) in [6.45, 7) is 1.91. The Hall–Kier alpha value is -5.06. The molecular weight excluding hydrogens is 599 g/mol. The standard InChI is InChI=1S/C26H24F3N5O8S/c1-2-3-4-9-24(35)32-43(41,42)23-8-6-5-7-20(23)31-25(36)18-15-17(11-13-21(18)33(37)38)30-19-12-10-16(26(27,28)29)14-22(19)34(39)40/h5-8,10-15,30H,2-4,9H2,1H3,(H,31,36)(H,32,35). The van der Waals surface area contributed by atoms with E-state index >= 15 is 0 Å². The molecule has 43 heavy (non-hydrogen) atoms. The summed E-state index contributed by atoms with van der Waals surface area (Å²) in [5.41, 5.74) is -4.42. The van der Waals surface area contributed by atoms with Crippen LogP contribution in [0.1, 0.15) is 48.5 Å². The number of hydrogen-bond acceptors (Lipinski definition) is 9. The third-order valence-electron chi connectivity index (χ3n) is 5.92. The van der Waals surface area contributed by atoms with Crippen LogP contribution in [0.2, 0.25) is 0 Å². The molecule has 0 saturated carbocycles. The number of sulfonamides is 1. The van der Waals surface area contributed by atoms with Crippen LogP contribution in [-0.4, -0.2) is 30.1 Å². The van der Waals surface area contributed by atoms with E-state index in [0.29, 0.717) is 25.0 Å². The number of para-hydroxylation sites is 1. The van der Waals surface area contributed by atoms with Gasteiger partial charge >= 0.3 is 6.18 Å². The summed E-state index contributed by atoms with van der Waals surface area (Å²) in [7, 11) is -4.46. The predicted molar refractivity (Wildman–Crippen MR) is 148 cm³/mol. The Morgan fingerprint density at radius 3 is 2.19 bits per heavy atom. The maximum Gasteiger partial charge on any atom is 0.416 e. The number of nitrogens with one attached hydrogen (secondary N) is 3. The molecule has 228 valence electrons. The molecular formula is C26H24F3N5O8S. The van der Waals surface area contributed by atoms with Crippen molar-refractivity contribution in [1.29, 1.82) is 0 Å². The van der Waals surface area contributed by atoms with Crippen LogP contribution in [0.4, 0.5) is 41.6 Å². The number of alkyl halides is 3. The van der Waals surface area contributed by atoms with Crippen LogP contribution in [-0.2, 0) is 21.0 Å².